The van der Waals surface area contributed by atoms with Gasteiger partial charge in [-0.2, -0.15) is 11.8 Å². The molecule has 1 saturated carbocycles. The molecule has 0 saturated heterocycles. The van der Waals surface area contributed by atoms with Gasteiger partial charge in [0, 0.05) is 22.6 Å². The Morgan fingerprint density at radius 1 is 1.53 bits per heavy atom. The molecule has 3 rings (SSSR count). The van der Waals surface area contributed by atoms with E-state index in [1.165, 1.54) is 30.0 Å². The number of thiophene rings is 1. The zero-order valence-electron chi connectivity index (χ0n) is 10.4. The molecular formula is C13H19NS3. The Kier molecular flexibility index (Phi) is 3.50. The molecule has 17 heavy (non-hydrogen) atoms. The molecule has 2 aliphatic rings. The van der Waals surface area contributed by atoms with Gasteiger partial charge in [0.1, 0.15) is 0 Å². The van der Waals surface area contributed by atoms with E-state index in [2.05, 4.69) is 41.7 Å². The summed E-state index contributed by atoms with van der Waals surface area (Å²) < 4.78 is 2.11. The van der Waals surface area contributed by atoms with Crippen LogP contribution in [0.1, 0.15) is 37.8 Å². The predicted molar refractivity (Wildman–Crippen MR) is 80.5 cm³/mol. The molecule has 1 aromatic rings. The third-order valence-electron chi connectivity index (χ3n) is 3.82. The second-order valence-electron chi connectivity index (χ2n) is 5.15. The molecule has 1 fully saturated rings. The summed E-state index contributed by atoms with van der Waals surface area (Å²) in [5, 5.41) is 6.82. The van der Waals surface area contributed by atoms with Crippen LogP contribution in [0.15, 0.2) is 15.7 Å². The van der Waals surface area contributed by atoms with E-state index in [1.807, 2.05) is 23.1 Å². The Morgan fingerprint density at radius 3 is 3.06 bits per heavy atom. The minimum Gasteiger partial charge on any atom is -0.308 e. The second-order valence-corrected chi connectivity index (χ2v) is 9.05. The van der Waals surface area contributed by atoms with Gasteiger partial charge in [-0.1, -0.05) is 6.92 Å². The average Bonchev–Trinajstić information content (AvgIpc) is 2.96. The van der Waals surface area contributed by atoms with Crippen molar-refractivity contribution in [1.82, 2.24) is 5.32 Å². The standard InChI is InChI=1S/C13H19NS3/c1-9-7-11(10-3-6-16-12(10)17-9)14-8-13(15-2)4-5-13/h3,6,9,11,14H,4-5,7-8H2,1-2H3/t9-,11?/m0/s1. The van der Waals surface area contributed by atoms with Gasteiger partial charge < -0.3 is 5.32 Å². The maximum Gasteiger partial charge on any atom is 0.0649 e. The highest BCUT2D eigenvalue weighted by Crippen LogP contribution is 2.48. The highest BCUT2D eigenvalue weighted by molar-refractivity contribution is 8.01. The summed E-state index contributed by atoms with van der Waals surface area (Å²) in [5.41, 5.74) is 1.55. The maximum absolute atomic E-state index is 3.82. The summed E-state index contributed by atoms with van der Waals surface area (Å²) in [6, 6.07) is 2.91. The van der Waals surface area contributed by atoms with Crippen molar-refractivity contribution >= 4 is 34.9 Å². The fraction of sp³-hybridized carbons (Fsp3) is 0.692. The van der Waals surface area contributed by atoms with Gasteiger partial charge in [0.15, 0.2) is 0 Å². The van der Waals surface area contributed by atoms with Gasteiger partial charge in [-0.3, -0.25) is 0 Å². The average molecular weight is 286 g/mol. The van der Waals surface area contributed by atoms with Crippen LogP contribution >= 0.6 is 34.9 Å². The van der Waals surface area contributed by atoms with Crippen LogP contribution in [0.5, 0.6) is 0 Å². The Labute approximate surface area is 116 Å². The number of thioether (sulfide) groups is 2. The molecule has 1 aliphatic carbocycles. The Hall–Kier alpha value is 0.360. The summed E-state index contributed by atoms with van der Waals surface area (Å²) in [6.45, 7) is 3.54. The SMILES string of the molecule is CSC1(CNC2C[C@H](C)Sc3sccc32)CC1. The summed E-state index contributed by atoms with van der Waals surface area (Å²) in [7, 11) is 0. The molecule has 0 amide bonds. The van der Waals surface area contributed by atoms with Crippen molar-refractivity contribution < 1.29 is 0 Å². The van der Waals surface area contributed by atoms with Gasteiger partial charge in [-0.25, -0.2) is 0 Å². The van der Waals surface area contributed by atoms with Gasteiger partial charge in [0.25, 0.3) is 0 Å². The smallest absolute Gasteiger partial charge is 0.0649 e. The van der Waals surface area contributed by atoms with Crippen molar-refractivity contribution in [3.05, 3.63) is 17.0 Å². The van der Waals surface area contributed by atoms with Crippen LogP contribution in [-0.4, -0.2) is 22.8 Å². The van der Waals surface area contributed by atoms with Crippen LogP contribution < -0.4 is 5.32 Å². The van der Waals surface area contributed by atoms with Gasteiger partial charge in [0.2, 0.25) is 0 Å². The second kappa shape index (κ2) is 4.80. The molecule has 4 heteroatoms. The van der Waals surface area contributed by atoms with E-state index in [0.717, 1.165) is 5.25 Å². The first-order chi connectivity index (χ1) is 8.22. The minimum atomic E-state index is 0.573. The zero-order chi connectivity index (χ0) is 11.9. The molecule has 2 heterocycles. The molecular weight excluding hydrogens is 266 g/mol. The molecule has 0 bridgehead atoms. The number of rotatable bonds is 4. The van der Waals surface area contributed by atoms with Crippen molar-refractivity contribution in [2.45, 2.75) is 46.4 Å². The first kappa shape index (κ1) is 12.4. The lowest BCUT2D eigenvalue weighted by Gasteiger charge is -2.29. The minimum absolute atomic E-state index is 0.573. The monoisotopic (exact) mass is 285 g/mol. The fourth-order valence-corrected chi connectivity index (χ4v) is 5.75. The van der Waals surface area contributed by atoms with Gasteiger partial charge >= 0.3 is 0 Å². The molecule has 1 aromatic heterocycles. The van der Waals surface area contributed by atoms with Crippen LogP contribution in [-0.2, 0) is 0 Å². The fourth-order valence-electron chi connectivity index (χ4n) is 2.44. The van der Waals surface area contributed by atoms with E-state index in [1.54, 1.807) is 5.56 Å². The summed E-state index contributed by atoms with van der Waals surface area (Å²) >= 11 is 6.00. The van der Waals surface area contributed by atoms with Crippen LogP contribution in [0.4, 0.5) is 0 Å². The van der Waals surface area contributed by atoms with Crippen molar-refractivity contribution in [2.75, 3.05) is 12.8 Å². The number of hydrogen-bond donors (Lipinski definition) is 1. The van der Waals surface area contributed by atoms with E-state index >= 15 is 0 Å². The topological polar surface area (TPSA) is 12.0 Å². The Morgan fingerprint density at radius 2 is 2.35 bits per heavy atom. The number of fused-ring (bicyclic) bond motifs is 1. The lowest BCUT2D eigenvalue weighted by Crippen LogP contribution is -2.32. The molecule has 0 aromatic carbocycles. The lowest BCUT2D eigenvalue weighted by molar-refractivity contribution is 0.485. The summed E-state index contributed by atoms with van der Waals surface area (Å²) in [5.74, 6) is 0. The molecule has 0 radical (unpaired) electrons. The van der Waals surface area contributed by atoms with Crippen LogP contribution in [0.3, 0.4) is 0 Å². The van der Waals surface area contributed by atoms with Crippen molar-refractivity contribution in [2.24, 2.45) is 0 Å². The van der Waals surface area contributed by atoms with E-state index < -0.39 is 0 Å². The third-order valence-corrected chi connectivity index (χ3v) is 7.58. The number of hydrogen-bond acceptors (Lipinski definition) is 4. The van der Waals surface area contributed by atoms with Crippen molar-refractivity contribution in [3.63, 3.8) is 0 Å². The maximum atomic E-state index is 3.82. The van der Waals surface area contributed by atoms with Gasteiger partial charge in [0.05, 0.1) is 4.21 Å². The van der Waals surface area contributed by atoms with Crippen LogP contribution in [0, 0.1) is 0 Å². The van der Waals surface area contributed by atoms with E-state index in [9.17, 15) is 0 Å². The Bertz CT molecular complexity index is 397. The molecule has 1 aliphatic heterocycles. The summed E-state index contributed by atoms with van der Waals surface area (Å²) in [6.07, 6.45) is 6.33. The quantitative estimate of drug-likeness (QED) is 0.892. The van der Waals surface area contributed by atoms with Crippen LogP contribution in [0.25, 0.3) is 0 Å². The van der Waals surface area contributed by atoms with Crippen molar-refractivity contribution in [1.29, 1.82) is 0 Å². The lowest BCUT2D eigenvalue weighted by atomic mass is 10.0. The highest BCUT2D eigenvalue weighted by Gasteiger charge is 2.42. The largest absolute Gasteiger partial charge is 0.308 e. The first-order valence-corrected chi connectivity index (χ1v) is 9.23. The molecule has 2 atom stereocenters. The molecule has 0 spiro atoms. The normalized spacial score (nSPS) is 30.0. The van der Waals surface area contributed by atoms with Crippen molar-refractivity contribution in [3.8, 4) is 0 Å². The van der Waals surface area contributed by atoms with Gasteiger partial charge in [-0.05, 0) is 42.5 Å². The van der Waals surface area contributed by atoms with E-state index in [4.69, 9.17) is 0 Å². The molecule has 1 unspecified atom stereocenters. The van der Waals surface area contributed by atoms with E-state index in [-0.39, 0.29) is 0 Å². The molecule has 1 nitrogen and oxygen atoms in total. The molecule has 94 valence electrons. The van der Waals surface area contributed by atoms with Crippen LogP contribution in [0.2, 0.25) is 0 Å². The van der Waals surface area contributed by atoms with Gasteiger partial charge in [-0.15, -0.1) is 23.1 Å². The third kappa shape index (κ3) is 2.55. The summed E-state index contributed by atoms with van der Waals surface area (Å²) in [4.78, 5) is 0. The zero-order valence-corrected chi connectivity index (χ0v) is 12.8. The first-order valence-electron chi connectivity index (χ1n) is 6.25. The predicted octanol–water partition coefficient (Wildman–Crippen LogP) is 4.16. The van der Waals surface area contributed by atoms with E-state index in [0.29, 0.717) is 10.8 Å². The Balaban J connectivity index is 1.68. The molecule has 1 N–H and O–H groups in total. The highest BCUT2D eigenvalue weighted by atomic mass is 32.2. The number of nitrogens with one attached hydrogen (secondary N) is 1.